The number of hydrogen-bond donors (Lipinski definition) is 2. The van der Waals surface area contributed by atoms with Crippen LogP contribution in [0.15, 0.2) is 78.5 Å². The van der Waals surface area contributed by atoms with Gasteiger partial charge in [0.2, 0.25) is 0 Å². The van der Waals surface area contributed by atoms with Gasteiger partial charge in [0.1, 0.15) is 5.70 Å². The molecule has 10 nitrogen and oxygen atoms in total. The lowest BCUT2D eigenvalue weighted by molar-refractivity contribution is -0.385. The lowest BCUT2D eigenvalue weighted by atomic mass is 10.1. The molecule has 0 bridgehead atoms. The lowest BCUT2D eigenvalue weighted by Gasteiger charge is -2.12. The summed E-state index contributed by atoms with van der Waals surface area (Å²) < 4.78 is 0. The Morgan fingerprint density at radius 2 is 1.52 bits per heavy atom. The molecule has 33 heavy (non-hydrogen) atoms. The van der Waals surface area contributed by atoms with E-state index in [9.17, 15) is 29.8 Å². The van der Waals surface area contributed by atoms with Crippen molar-refractivity contribution in [3.8, 4) is 0 Å². The summed E-state index contributed by atoms with van der Waals surface area (Å²) in [7, 11) is 0. The van der Waals surface area contributed by atoms with Crippen molar-refractivity contribution >= 4 is 35.0 Å². The summed E-state index contributed by atoms with van der Waals surface area (Å²) in [5.41, 5.74) is 1.28. The number of amides is 2. The zero-order valence-electron chi connectivity index (χ0n) is 17.3. The van der Waals surface area contributed by atoms with Gasteiger partial charge in [0.05, 0.1) is 9.85 Å². The third-order valence-corrected chi connectivity index (χ3v) is 4.50. The molecule has 0 spiro atoms. The molecule has 10 heteroatoms. The van der Waals surface area contributed by atoms with Gasteiger partial charge in [-0.3, -0.25) is 29.8 Å². The second-order valence-electron chi connectivity index (χ2n) is 6.99. The number of anilines is 1. The summed E-state index contributed by atoms with van der Waals surface area (Å²) in [5, 5.41) is 26.9. The maximum atomic E-state index is 12.9. The number of aryl methyl sites for hydroxylation is 1. The minimum atomic E-state index is -0.727. The van der Waals surface area contributed by atoms with Gasteiger partial charge >= 0.3 is 0 Å². The normalized spacial score (nSPS) is 10.9. The molecule has 0 aliphatic rings. The van der Waals surface area contributed by atoms with E-state index in [4.69, 9.17) is 0 Å². The molecule has 0 heterocycles. The Morgan fingerprint density at radius 3 is 2.15 bits per heavy atom. The number of nitro groups is 2. The highest BCUT2D eigenvalue weighted by molar-refractivity contribution is 6.10. The second kappa shape index (κ2) is 9.96. The molecule has 3 rings (SSSR count). The van der Waals surface area contributed by atoms with Crippen molar-refractivity contribution in [2.24, 2.45) is 0 Å². The van der Waals surface area contributed by atoms with Gasteiger partial charge in [-0.1, -0.05) is 23.8 Å². The van der Waals surface area contributed by atoms with E-state index in [1.165, 1.54) is 54.6 Å². The Balaban J connectivity index is 1.92. The highest BCUT2D eigenvalue weighted by atomic mass is 16.6. The molecule has 0 unspecified atom stereocenters. The van der Waals surface area contributed by atoms with Crippen molar-refractivity contribution in [2.75, 3.05) is 5.32 Å². The Bertz CT molecular complexity index is 1270. The van der Waals surface area contributed by atoms with Crippen LogP contribution >= 0.6 is 0 Å². The molecule has 2 amide bonds. The molecule has 3 aromatic carbocycles. The molecule has 0 aliphatic carbocycles. The Morgan fingerprint density at radius 1 is 0.848 bits per heavy atom. The van der Waals surface area contributed by atoms with E-state index in [-0.39, 0.29) is 22.8 Å². The van der Waals surface area contributed by atoms with Gasteiger partial charge in [-0.25, -0.2) is 0 Å². The monoisotopic (exact) mass is 446 g/mol. The number of rotatable bonds is 7. The average molecular weight is 446 g/mol. The van der Waals surface area contributed by atoms with Crippen LogP contribution in [-0.2, 0) is 4.79 Å². The van der Waals surface area contributed by atoms with E-state index < -0.39 is 21.7 Å². The third kappa shape index (κ3) is 6.07. The SMILES string of the molecule is Cc1cccc(C(=O)NC(=Cc2ccc([N+](=O)[O-])cc2)C(=O)Nc2cccc([N+](=O)[O-])c2)c1. The first kappa shape index (κ1) is 22.8. The first-order chi connectivity index (χ1) is 15.7. The fourth-order valence-electron chi connectivity index (χ4n) is 2.89. The van der Waals surface area contributed by atoms with Crippen LogP contribution in [0.1, 0.15) is 21.5 Å². The predicted molar refractivity (Wildman–Crippen MR) is 121 cm³/mol. The standard InChI is InChI=1S/C23H18N4O6/c1-15-4-2-5-17(12-15)22(28)25-21(13-16-8-10-19(11-9-16)26(30)31)23(29)24-18-6-3-7-20(14-18)27(32)33/h2-14H,1H3,(H,24,29)(H,25,28). The summed E-state index contributed by atoms with van der Waals surface area (Å²) in [5.74, 6) is -1.27. The number of nitrogens with zero attached hydrogens (tertiary/aromatic N) is 2. The second-order valence-corrected chi connectivity index (χ2v) is 6.99. The van der Waals surface area contributed by atoms with Gasteiger partial charge < -0.3 is 10.6 Å². The van der Waals surface area contributed by atoms with E-state index in [1.54, 1.807) is 18.2 Å². The summed E-state index contributed by atoms with van der Waals surface area (Å²) in [6, 6.07) is 17.5. The van der Waals surface area contributed by atoms with Gasteiger partial charge in [-0.15, -0.1) is 0 Å². The fraction of sp³-hybridized carbons (Fsp3) is 0.0435. The molecule has 0 fully saturated rings. The molecule has 0 aromatic heterocycles. The molecule has 0 saturated heterocycles. The van der Waals surface area contributed by atoms with Crippen molar-refractivity contribution in [1.82, 2.24) is 5.32 Å². The van der Waals surface area contributed by atoms with Crippen LogP contribution in [0.5, 0.6) is 0 Å². The Hall–Kier alpha value is -4.86. The topological polar surface area (TPSA) is 144 Å². The Kier molecular flexibility index (Phi) is 6.89. The van der Waals surface area contributed by atoms with Crippen molar-refractivity contribution in [3.63, 3.8) is 0 Å². The van der Waals surface area contributed by atoms with E-state index in [0.29, 0.717) is 11.1 Å². The van der Waals surface area contributed by atoms with E-state index >= 15 is 0 Å². The van der Waals surface area contributed by atoms with Crippen molar-refractivity contribution in [3.05, 3.63) is 115 Å². The van der Waals surface area contributed by atoms with Crippen LogP contribution in [-0.4, -0.2) is 21.7 Å². The first-order valence-electron chi connectivity index (χ1n) is 9.63. The molecule has 0 atom stereocenters. The third-order valence-electron chi connectivity index (χ3n) is 4.50. The quantitative estimate of drug-likeness (QED) is 0.316. The smallest absolute Gasteiger partial charge is 0.272 e. The molecule has 0 saturated carbocycles. The zero-order valence-corrected chi connectivity index (χ0v) is 17.3. The van der Waals surface area contributed by atoms with E-state index in [0.717, 1.165) is 5.56 Å². The zero-order chi connectivity index (χ0) is 24.0. The van der Waals surface area contributed by atoms with Crippen LogP contribution in [0.25, 0.3) is 6.08 Å². The number of carbonyl (C=O) groups excluding carboxylic acids is 2. The van der Waals surface area contributed by atoms with Crippen LogP contribution in [0.3, 0.4) is 0 Å². The van der Waals surface area contributed by atoms with E-state index in [1.807, 2.05) is 13.0 Å². The van der Waals surface area contributed by atoms with Gasteiger partial charge in [0.25, 0.3) is 23.2 Å². The highest BCUT2D eigenvalue weighted by Crippen LogP contribution is 2.19. The molecule has 166 valence electrons. The van der Waals surface area contributed by atoms with Crippen LogP contribution in [0.4, 0.5) is 17.1 Å². The van der Waals surface area contributed by atoms with Gasteiger partial charge in [-0.05, 0) is 48.9 Å². The number of benzene rings is 3. The largest absolute Gasteiger partial charge is 0.320 e. The number of carbonyl (C=O) groups is 2. The minimum absolute atomic E-state index is 0.126. The first-order valence-corrected chi connectivity index (χ1v) is 9.63. The maximum Gasteiger partial charge on any atom is 0.272 e. The van der Waals surface area contributed by atoms with E-state index in [2.05, 4.69) is 10.6 Å². The summed E-state index contributed by atoms with van der Waals surface area (Å²) in [6.07, 6.45) is 1.35. The van der Waals surface area contributed by atoms with Gasteiger partial charge in [0.15, 0.2) is 0 Å². The minimum Gasteiger partial charge on any atom is -0.320 e. The van der Waals surface area contributed by atoms with Gasteiger partial charge in [0, 0.05) is 35.5 Å². The molecule has 2 N–H and O–H groups in total. The molecule has 0 aliphatic heterocycles. The fourth-order valence-corrected chi connectivity index (χ4v) is 2.89. The number of hydrogen-bond acceptors (Lipinski definition) is 6. The summed E-state index contributed by atoms with van der Waals surface area (Å²) >= 11 is 0. The Labute approximate surface area is 187 Å². The average Bonchev–Trinajstić information content (AvgIpc) is 2.79. The van der Waals surface area contributed by atoms with Crippen molar-refractivity contribution in [2.45, 2.75) is 6.92 Å². The summed E-state index contributed by atoms with van der Waals surface area (Å²) in [6.45, 7) is 1.82. The maximum absolute atomic E-state index is 12.9. The van der Waals surface area contributed by atoms with Crippen LogP contribution in [0.2, 0.25) is 0 Å². The number of nitrogens with one attached hydrogen (secondary N) is 2. The van der Waals surface area contributed by atoms with Crippen molar-refractivity contribution < 1.29 is 19.4 Å². The van der Waals surface area contributed by atoms with Crippen molar-refractivity contribution in [1.29, 1.82) is 0 Å². The predicted octanol–water partition coefficient (Wildman–Crippen LogP) is 4.22. The highest BCUT2D eigenvalue weighted by Gasteiger charge is 2.17. The molecule has 0 radical (unpaired) electrons. The molecule has 3 aromatic rings. The van der Waals surface area contributed by atoms with Crippen LogP contribution < -0.4 is 10.6 Å². The number of nitro benzene ring substituents is 2. The van der Waals surface area contributed by atoms with Crippen LogP contribution in [0, 0.1) is 27.2 Å². The lowest BCUT2D eigenvalue weighted by Crippen LogP contribution is -2.30. The number of non-ortho nitro benzene ring substituents is 2. The molecular weight excluding hydrogens is 428 g/mol. The summed E-state index contributed by atoms with van der Waals surface area (Å²) in [4.78, 5) is 46.4. The molecular formula is C23H18N4O6. The van der Waals surface area contributed by atoms with Gasteiger partial charge in [-0.2, -0.15) is 0 Å².